The normalized spacial score (nSPS) is 9.94. The number of rotatable bonds is 4. The van der Waals surface area contributed by atoms with Gasteiger partial charge in [-0.3, -0.25) is 14.5 Å². The van der Waals surface area contributed by atoms with Gasteiger partial charge in [-0.1, -0.05) is 0 Å². The number of nitrogens with zero attached hydrogens (tertiary/aromatic N) is 1. The molecule has 88 valence electrons. The molecule has 0 saturated heterocycles. The lowest BCUT2D eigenvalue weighted by Crippen LogP contribution is -2.26. The molecule has 0 aliphatic heterocycles. The van der Waals surface area contributed by atoms with E-state index in [1.54, 1.807) is 26.1 Å². The van der Waals surface area contributed by atoms with Gasteiger partial charge in [-0.05, 0) is 13.0 Å². The Hall–Kier alpha value is -1.78. The maximum Gasteiger partial charge on any atom is 0.306 e. The van der Waals surface area contributed by atoms with Crippen molar-refractivity contribution in [1.29, 1.82) is 0 Å². The summed E-state index contributed by atoms with van der Waals surface area (Å²) < 4.78 is 9.75. The molecule has 1 heterocycles. The molecule has 0 saturated carbocycles. The SMILES string of the molecule is COC(=O)CCC(=O)N(C)c1ccc(C)o1. The van der Waals surface area contributed by atoms with E-state index in [0.29, 0.717) is 5.88 Å². The van der Waals surface area contributed by atoms with Crippen molar-refractivity contribution in [2.24, 2.45) is 0 Å². The lowest BCUT2D eigenvalue weighted by Gasteiger charge is -2.13. The number of carbonyl (C=O) groups excluding carboxylic acids is 2. The van der Waals surface area contributed by atoms with E-state index >= 15 is 0 Å². The van der Waals surface area contributed by atoms with Gasteiger partial charge in [0.2, 0.25) is 11.8 Å². The van der Waals surface area contributed by atoms with E-state index in [-0.39, 0.29) is 18.7 Å². The van der Waals surface area contributed by atoms with Gasteiger partial charge in [0.15, 0.2) is 0 Å². The van der Waals surface area contributed by atoms with E-state index in [0.717, 1.165) is 5.76 Å². The smallest absolute Gasteiger partial charge is 0.306 e. The van der Waals surface area contributed by atoms with Crippen molar-refractivity contribution in [3.8, 4) is 0 Å². The average Bonchev–Trinajstić information content (AvgIpc) is 2.71. The number of hydrogen-bond acceptors (Lipinski definition) is 4. The van der Waals surface area contributed by atoms with Gasteiger partial charge >= 0.3 is 5.97 Å². The number of ether oxygens (including phenoxy) is 1. The van der Waals surface area contributed by atoms with Crippen LogP contribution < -0.4 is 4.90 Å². The zero-order chi connectivity index (χ0) is 12.1. The molecule has 1 aromatic heterocycles. The van der Waals surface area contributed by atoms with Crippen molar-refractivity contribution in [1.82, 2.24) is 0 Å². The number of esters is 1. The van der Waals surface area contributed by atoms with Gasteiger partial charge in [0.25, 0.3) is 0 Å². The fraction of sp³-hybridized carbons (Fsp3) is 0.455. The molecule has 0 spiro atoms. The van der Waals surface area contributed by atoms with Crippen molar-refractivity contribution < 1.29 is 18.7 Å². The van der Waals surface area contributed by atoms with Crippen molar-refractivity contribution >= 4 is 17.8 Å². The van der Waals surface area contributed by atoms with E-state index in [1.165, 1.54) is 12.0 Å². The summed E-state index contributed by atoms with van der Waals surface area (Å²) in [4.78, 5) is 23.9. The Kier molecular flexibility index (Phi) is 4.10. The van der Waals surface area contributed by atoms with Crippen molar-refractivity contribution in [2.45, 2.75) is 19.8 Å². The molecule has 0 N–H and O–H groups in total. The fourth-order valence-electron chi connectivity index (χ4n) is 1.20. The second-order valence-corrected chi connectivity index (χ2v) is 3.41. The molecule has 16 heavy (non-hydrogen) atoms. The minimum absolute atomic E-state index is 0.0827. The Balaban J connectivity index is 2.51. The third-order valence-electron chi connectivity index (χ3n) is 2.20. The summed E-state index contributed by atoms with van der Waals surface area (Å²) in [5, 5.41) is 0. The Bertz CT molecular complexity index is 383. The van der Waals surface area contributed by atoms with Crippen LogP contribution in [0.3, 0.4) is 0 Å². The first-order chi connectivity index (χ1) is 7.54. The largest absolute Gasteiger partial charge is 0.469 e. The van der Waals surface area contributed by atoms with E-state index in [2.05, 4.69) is 4.74 Å². The third kappa shape index (κ3) is 3.12. The second-order valence-electron chi connectivity index (χ2n) is 3.41. The van der Waals surface area contributed by atoms with E-state index < -0.39 is 5.97 Å². The number of amides is 1. The van der Waals surface area contributed by atoms with Gasteiger partial charge in [-0.2, -0.15) is 0 Å². The van der Waals surface area contributed by atoms with Crippen molar-refractivity contribution in [2.75, 3.05) is 19.1 Å². The Morgan fingerprint density at radius 3 is 2.56 bits per heavy atom. The minimum Gasteiger partial charge on any atom is -0.469 e. The summed E-state index contributed by atoms with van der Waals surface area (Å²) in [6, 6.07) is 3.49. The number of hydrogen-bond donors (Lipinski definition) is 0. The third-order valence-corrected chi connectivity index (χ3v) is 2.20. The molecule has 1 aromatic rings. The van der Waals surface area contributed by atoms with E-state index in [4.69, 9.17) is 4.42 Å². The number of methoxy groups -OCH3 is 1. The Morgan fingerprint density at radius 2 is 2.06 bits per heavy atom. The molecular formula is C11H15NO4. The predicted octanol–water partition coefficient (Wildman–Crippen LogP) is 1.50. The lowest BCUT2D eigenvalue weighted by molar-refractivity contribution is -0.141. The summed E-state index contributed by atoms with van der Waals surface area (Å²) in [5.74, 6) is 0.645. The topological polar surface area (TPSA) is 59.8 Å². The monoisotopic (exact) mass is 225 g/mol. The highest BCUT2D eigenvalue weighted by atomic mass is 16.5. The number of furan rings is 1. The first kappa shape index (κ1) is 12.3. The summed E-state index contributed by atoms with van der Waals surface area (Å²) in [6.07, 6.45) is 0.197. The first-order valence-electron chi connectivity index (χ1n) is 4.94. The molecule has 0 aliphatic rings. The van der Waals surface area contributed by atoms with Crippen LogP contribution in [0, 0.1) is 6.92 Å². The summed E-state index contributed by atoms with van der Waals surface area (Å²) in [5.41, 5.74) is 0. The summed E-state index contributed by atoms with van der Waals surface area (Å²) >= 11 is 0. The van der Waals surface area contributed by atoms with Crippen LogP contribution in [-0.2, 0) is 14.3 Å². The van der Waals surface area contributed by atoms with Crippen LogP contribution >= 0.6 is 0 Å². The van der Waals surface area contributed by atoms with Gasteiger partial charge in [-0.25, -0.2) is 0 Å². The molecule has 1 rings (SSSR count). The van der Waals surface area contributed by atoms with Crippen LogP contribution in [0.5, 0.6) is 0 Å². The zero-order valence-electron chi connectivity index (χ0n) is 9.65. The molecule has 0 unspecified atom stereocenters. The van der Waals surface area contributed by atoms with Gasteiger partial charge < -0.3 is 9.15 Å². The fourth-order valence-corrected chi connectivity index (χ4v) is 1.20. The van der Waals surface area contributed by atoms with Crippen LogP contribution in [0.4, 0.5) is 5.88 Å². The summed E-state index contributed by atoms with van der Waals surface area (Å²) in [7, 11) is 2.91. The van der Waals surface area contributed by atoms with Crippen LogP contribution in [-0.4, -0.2) is 26.0 Å². The molecule has 5 heteroatoms. The zero-order valence-corrected chi connectivity index (χ0v) is 9.65. The summed E-state index contributed by atoms with van der Waals surface area (Å²) in [6.45, 7) is 1.80. The van der Waals surface area contributed by atoms with Gasteiger partial charge in [0, 0.05) is 19.5 Å². The molecule has 0 atom stereocenters. The van der Waals surface area contributed by atoms with Crippen LogP contribution in [0.15, 0.2) is 16.5 Å². The molecule has 0 aliphatic carbocycles. The predicted molar refractivity (Wildman–Crippen MR) is 58.1 cm³/mol. The number of carbonyl (C=O) groups is 2. The first-order valence-corrected chi connectivity index (χ1v) is 4.94. The molecule has 1 amide bonds. The maximum atomic E-state index is 11.6. The molecule has 0 aromatic carbocycles. The molecule has 0 fully saturated rings. The Morgan fingerprint density at radius 1 is 1.38 bits per heavy atom. The maximum absolute atomic E-state index is 11.6. The number of anilines is 1. The molecule has 0 bridgehead atoms. The van der Waals surface area contributed by atoms with Crippen molar-refractivity contribution in [3.05, 3.63) is 17.9 Å². The molecule has 0 radical (unpaired) electrons. The molecule has 5 nitrogen and oxygen atoms in total. The highest BCUT2D eigenvalue weighted by Crippen LogP contribution is 2.17. The highest BCUT2D eigenvalue weighted by molar-refractivity contribution is 5.93. The second kappa shape index (κ2) is 5.34. The Labute approximate surface area is 94.0 Å². The van der Waals surface area contributed by atoms with Gasteiger partial charge in [-0.15, -0.1) is 0 Å². The van der Waals surface area contributed by atoms with Crippen LogP contribution in [0.2, 0.25) is 0 Å². The van der Waals surface area contributed by atoms with Gasteiger partial charge in [0.1, 0.15) is 5.76 Å². The van der Waals surface area contributed by atoms with Crippen LogP contribution in [0.1, 0.15) is 18.6 Å². The minimum atomic E-state index is -0.391. The lowest BCUT2D eigenvalue weighted by atomic mass is 10.3. The average molecular weight is 225 g/mol. The number of aryl methyl sites for hydroxylation is 1. The van der Waals surface area contributed by atoms with E-state index in [1.807, 2.05) is 0 Å². The standard InChI is InChI=1S/C11H15NO4/c1-8-4-6-10(16-8)12(2)9(13)5-7-11(14)15-3/h4,6H,5,7H2,1-3H3. The van der Waals surface area contributed by atoms with Crippen LogP contribution in [0.25, 0.3) is 0 Å². The van der Waals surface area contributed by atoms with E-state index in [9.17, 15) is 9.59 Å². The quantitative estimate of drug-likeness (QED) is 0.728. The van der Waals surface area contributed by atoms with Gasteiger partial charge in [0.05, 0.1) is 13.5 Å². The highest BCUT2D eigenvalue weighted by Gasteiger charge is 2.15. The molecular weight excluding hydrogens is 210 g/mol. The van der Waals surface area contributed by atoms with Crippen molar-refractivity contribution in [3.63, 3.8) is 0 Å².